The van der Waals surface area contributed by atoms with E-state index in [0.717, 1.165) is 36.9 Å². The van der Waals surface area contributed by atoms with Crippen molar-refractivity contribution in [1.29, 1.82) is 0 Å². The summed E-state index contributed by atoms with van der Waals surface area (Å²) in [6.45, 7) is 0. The predicted molar refractivity (Wildman–Crippen MR) is 108 cm³/mol. The van der Waals surface area contributed by atoms with Gasteiger partial charge in [-0.2, -0.15) is 0 Å². The van der Waals surface area contributed by atoms with E-state index in [2.05, 4.69) is 10.3 Å². The van der Waals surface area contributed by atoms with E-state index in [1.165, 1.54) is 34.6 Å². The van der Waals surface area contributed by atoms with Crippen LogP contribution in [-0.2, 0) is 12.8 Å². The van der Waals surface area contributed by atoms with E-state index in [1.54, 1.807) is 0 Å². The van der Waals surface area contributed by atoms with Crippen LogP contribution < -0.4 is 5.32 Å². The molecule has 2 heterocycles. The molecule has 28 heavy (non-hydrogen) atoms. The molecule has 0 radical (unpaired) electrons. The van der Waals surface area contributed by atoms with Crippen LogP contribution in [0.1, 0.15) is 39.4 Å². The molecule has 1 aromatic carbocycles. The van der Waals surface area contributed by atoms with Crippen LogP contribution in [0.3, 0.4) is 0 Å². The van der Waals surface area contributed by atoms with Crippen LogP contribution in [0.25, 0.3) is 0 Å². The zero-order chi connectivity index (χ0) is 19.5. The highest BCUT2D eigenvalue weighted by Gasteiger charge is 2.25. The van der Waals surface area contributed by atoms with Gasteiger partial charge in [-0.3, -0.25) is 14.9 Å². The van der Waals surface area contributed by atoms with Crippen molar-refractivity contribution in [2.75, 3.05) is 5.32 Å². The number of nitro groups is 1. The van der Waals surface area contributed by atoms with Gasteiger partial charge in [-0.25, -0.2) is 4.99 Å². The Balaban J connectivity index is 1.66. The highest BCUT2D eigenvalue weighted by atomic mass is 32.1. The Bertz CT molecular complexity index is 1050. The third kappa shape index (κ3) is 3.72. The van der Waals surface area contributed by atoms with Gasteiger partial charge in [0.25, 0.3) is 5.91 Å². The third-order valence-electron chi connectivity index (χ3n) is 4.51. The van der Waals surface area contributed by atoms with Gasteiger partial charge in [0.1, 0.15) is 9.92 Å². The maximum Gasteiger partial charge on any atom is 0.433 e. The molecular weight excluding hydrogens is 378 g/mol. The highest BCUT2D eigenvalue weighted by molar-refractivity contribution is 7.16. The molecular formula is C20H17N3O4S. The summed E-state index contributed by atoms with van der Waals surface area (Å²) in [5.74, 6) is -0.260. The number of rotatable bonds is 5. The topological polar surface area (TPSA) is 97.7 Å². The van der Waals surface area contributed by atoms with E-state index in [0.29, 0.717) is 10.6 Å². The standard InChI is InChI=1S/C20H17N3O4S/c24-19(22-13-6-2-1-3-7-13)18-15-8-4-5-9-16(15)28-20(18)21-12-14-10-11-17(27-14)23(25)26/h1-3,6-7,10-12H,4-5,8-9H2,(H,22,24)/b21-12-. The Morgan fingerprint density at radius 3 is 2.71 bits per heavy atom. The molecule has 1 N–H and O–H groups in total. The summed E-state index contributed by atoms with van der Waals surface area (Å²) in [5.41, 5.74) is 2.36. The number of furan rings is 1. The van der Waals surface area contributed by atoms with Crippen LogP contribution in [0.2, 0.25) is 0 Å². The van der Waals surface area contributed by atoms with Gasteiger partial charge in [-0.05, 0) is 49.4 Å². The maximum absolute atomic E-state index is 13.0. The zero-order valence-corrected chi connectivity index (χ0v) is 15.7. The van der Waals surface area contributed by atoms with Gasteiger partial charge < -0.3 is 9.73 Å². The molecule has 0 spiro atoms. The minimum absolute atomic E-state index is 0.192. The Hall–Kier alpha value is -3.26. The van der Waals surface area contributed by atoms with Crippen LogP contribution in [0.15, 0.2) is 51.9 Å². The number of fused-ring (bicyclic) bond motifs is 1. The Kier molecular flexibility index (Phi) is 5.03. The Labute approximate surface area is 164 Å². The second-order valence-corrected chi connectivity index (χ2v) is 7.49. The minimum atomic E-state index is -0.597. The molecule has 3 aromatic rings. The maximum atomic E-state index is 13.0. The molecule has 142 valence electrons. The summed E-state index contributed by atoms with van der Waals surface area (Å²) >= 11 is 1.50. The van der Waals surface area contributed by atoms with E-state index < -0.39 is 4.92 Å². The molecule has 1 aliphatic rings. The van der Waals surface area contributed by atoms with Gasteiger partial charge in [0.05, 0.1) is 17.8 Å². The van der Waals surface area contributed by atoms with Crippen LogP contribution in [-0.4, -0.2) is 17.0 Å². The number of anilines is 1. The van der Waals surface area contributed by atoms with Crippen molar-refractivity contribution in [3.05, 3.63) is 74.3 Å². The number of aryl methyl sites for hydroxylation is 1. The average Bonchev–Trinajstić information content (AvgIpc) is 3.31. The SMILES string of the molecule is O=C(Nc1ccccc1)c1c(/N=C\c2ccc([N+](=O)[O-])o2)sc2c1CCCC2. The number of hydrogen-bond acceptors (Lipinski definition) is 6. The first-order chi connectivity index (χ1) is 13.6. The minimum Gasteiger partial charge on any atom is -0.400 e. The van der Waals surface area contributed by atoms with Gasteiger partial charge in [0.2, 0.25) is 0 Å². The lowest BCUT2D eigenvalue weighted by atomic mass is 9.95. The van der Waals surface area contributed by atoms with Gasteiger partial charge in [-0.15, -0.1) is 11.3 Å². The van der Waals surface area contributed by atoms with Crippen molar-refractivity contribution in [3.63, 3.8) is 0 Å². The molecule has 0 atom stereocenters. The molecule has 0 saturated heterocycles. The molecule has 4 rings (SSSR count). The molecule has 0 bridgehead atoms. The van der Waals surface area contributed by atoms with Crippen LogP contribution in [0.4, 0.5) is 16.6 Å². The van der Waals surface area contributed by atoms with Crippen molar-refractivity contribution < 1.29 is 14.1 Å². The summed E-state index contributed by atoms with van der Waals surface area (Å²) in [7, 11) is 0. The predicted octanol–water partition coefficient (Wildman–Crippen LogP) is 5.13. The van der Waals surface area contributed by atoms with E-state index in [4.69, 9.17) is 4.42 Å². The largest absolute Gasteiger partial charge is 0.433 e. The molecule has 2 aromatic heterocycles. The third-order valence-corrected chi connectivity index (χ3v) is 5.71. The summed E-state index contributed by atoms with van der Waals surface area (Å²) in [5, 5.41) is 14.3. The normalized spacial score (nSPS) is 13.4. The van der Waals surface area contributed by atoms with Crippen LogP contribution in [0, 0.1) is 10.1 Å². The van der Waals surface area contributed by atoms with Gasteiger partial charge >= 0.3 is 5.88 Å². The fraction of sp³-hybridized carbons (Fsp3) is 0.200. The summed E-state index contributed by atoms with van der Waals surface area (Å²) in [6.07, 6.45) is 5.35. The number of nitrogens with zero attached hydrogens (tertiary/aromatic N) is 2. The first-order valence-corrected chi connectivity index (χ1v) is 9.72. The van der Waals surface area contributed by atoms with Gasteiger partial charge in [0.15, 0.2) is 5.76 Å². The number of thiophene rings is 1. The molecule has 8 heteroatoms. The zero-order valence-electron chi connectivity index (χ0n) is 14.9. The quantitative estimate of drug-likeness (QED) is 0.368. The van der Waals surface area contributed by atoms with E-state index in [1.807, 2.05) is 30.3 Å². The number of carbonyl (C=O) groups excluding carboxylic acids is 1. The first kappa shape index (κ1) is 18.1. The molecule has 7 nitrogen and oxygen atoms in total. The second kappa shape index (κ2) is 7.77. The van der Waals surface area contributed by atoms with Crippen molar-refractivity contribution in [2.45, 2.75) is 25.7 Å². The molecule has 0 aliphatic heterocycles. The van der Waals surface area contributed by atoms with Crippen LogP contribution >= 0.6 is 11.3 Å². The lowest BCUT2D eigenvalue weighted by molar-refractivity contribution is -0.402. The fourth-order valence-electron chi connectivity index (χ4n) is 3.22. The first-order valence-electron chi connectivity index (χ1n) is 8.91. The van der Waals surface area contributed by atoms with Gasteiger partial charge in [-0.1, -0.05) is 18.2 Å². The molecule has 0 saturated carbocycles. The van der Waals surface area contributed by atoms with Crippen molar-refractivity contribution in [3.8, 4) is 0 Å². The van der Waals surface area contributed by atoms with E-state index >= 15 is 0 Å². The van der Waals surface area contributed by atoms with Crippen molar-refractivity contribution in [2.24, 2.45) is 4.99 Å². The molecule has 1 amide bonds. The second-order valence-electron chi connectivity index (χ2n) is 6.40. The summed E-state index contributed by atoms with van der Waals surface area (Å²) in [6, 6.07) is 12.1. The van der Waals surface area contributed by atoms with Crippen LogP contribution in [0.5, 0.6) is 0 Å². The number of para-hydroxylation sites is 1. The number of hydrogen-bond donors (Lipinski definition) is 1. The van der Waals surface area contributed by atoms with E-state index in [-0.39, 0.29) is 17.6 Å². The number of benzene rings is 1. The monoisotopic (exact) mass is 395 g/mol. The number of carbonyl (C=O) groups is 1. The van der Waals surface area contributed by atoms with E-state index in [9.17, 15) is 14.9 Å². The highest BCUT2D eigenvalue weighted by Crippen LogP contribution is 2.40. The molecule has 0 unspecified atom stereocenters. The lowest BCUT2D eigenvalue weighted by Crippen LogP contribution is -2.14. The number of amides is 1. The molecule has 0 fully saturated rings. The molecule has 1 aliphatic carbocycles. The number of nitrogens with one attached hydrogen (secondary N) is 1. The smallest absolute Gasteiger partial charge is 0.400 e. The summed E-state index contributed by atoms with van der Waals surface area (Å²) in [4.78, 5) is 28.8. The van der Waals surface area contributed by atoms with Crippen molar-refractivity contribution >= 4 is 40.0 Å². The van der Waals surface area contributed by atoms with Gasteiger partial charge in [0, 0.05) is 10.6 Å². The summed E-state index contributed by atoms with van der Waals surface area (Å²) < 4.78 is 5.12. The Morgan fingerprint density at radius 1 is 1.18 bits per heavy atom. The Morgan fingerprint density at radius 2 is 1.96 bits per heavy atom. The average molecular weight is 395 g/mol. The number of aliphatic imine (C=N–C) groups is 1. The fourth-order valence-corrected chi connectivity index (χ4v) is 4.45. The van der Waals surface area contributed by atoms with Crippen molar-refractivity contribution in [1.82, 2.24) is 0 Å². The lowest BCUT2D eigenvalue weighted by Gasteiger charge is -2.12.